The highest BCUT2D eigenvalue weighted by Crippen LogP contribution is 2.18. The number of nitrogens with one attached hydrogen (secondary N) is 1. The fraction of sp³-hybridized carbons (Fsp3) is 0.250. The molecular weight excluding hydrogens is 365 g/mol. The van der Waals surface area contributed by atoms with Crippen LogP contribution in [0, 0.1) is 12.7 Å². The number of fused-ring (bicyclic) bond motifs is 1. The van der Waals surface area contributed by atoms with Gasteiger partial charge < -0.3 is 5.32 Å². The molecule has 1 atom stereocenters. The first-order valence-electron chi connectivity index (χ1n) is 8.50. The number of benzene rings is 2. The number of amides is 1. The third-order valence-corrected chi connectivity index (χ3v) is 5.30. The van der Waals surface area contributed by atoms with Gasteiger partial charge in [0.2, 0.25) is 5.91 Å². The van der Waals surface area contributed by atoms with E-state index in [2.05, 4.69) is 10.3 Å². The lowest BCUT2D eigenvalue weighted by atomic mass is 10.1. The minimum Gasteiger partial charge on any atom is -0.349 e. The van der Waals surface area contributed by atoms with E-state index in [1.807, 2.05) is 32.0 Å². The number of hydrogen-bond acceptors (Lipinski definition) is 4. The molecule has 0 spiro atoms. The molecule has 1 N–H and O–H groups in total. The summed E-state index contributed by atoms with van der Waals surface area (Å²) in [6.07, 6.45) is 0. The van der Waals surface area contributed by atoms with Crippen LogP contribution in [0.5, 0.6) is 0 Å². The molecule has 3 aromatic rings. The van der Waals surface area contributed by atoms with Crippen LogP contribution in [-0.4, -0.2) is 21.2 Å². The Morgan fingerprint density at radius 2 is 1.96 bits per heavy atom. The number of halogens is 1. The molecule has 0 saturated heterocycles. The second-order valence-corrected chi connectivity index (χ2v) is 7.35. The van der Waals surface area contributed by atoms with Gasteiger partial charge in [-0.2, -0.15) is 0 Å². The molecular formula is C20H20FN3O2S. The molecule has 140 valence electrons. The third-order valence-electron chi connectivity index (χ3n) is 4.27. The average molecular weight is 385 g/mol. The molecule has 0 aliphatic rings. The van der Waals surface area contributed by atoms with Crippen molar-refractivity contribution in [3.63, 3.8) is 0 Å². The molecule has 0 aliphatic heterocycles. The van der Waals surface area contributed by atoms with Gasteiger partial charge in [-0.25, -0.2) is 9.37 Å². The van der Waals surface area contributed by atoms with Crippen LogP contribution in [0.2, 0.25) is 0 Å². The van der Waals surface area contributed by atoms with Crippen LogP contribution in [0.15, 0.2) is 52.4 Å². The first kappa shape index (κ1) is 19.1. The largest absolute Gasteiger partial charge is 0.349 e. The van der Waals surface area contributed by atoms with Crippen molar-refractivity contribution in [1.29, 1.82) is 0 Å². The van der Waals surface area contributed by atoms with E-state index >= 15 is 0 Å². The molecule has 0 radical (unpaired) electrons. The molecule has 27 heavy (non-hydrogen) atoms. The van der Waals surface area contributed by atoms with E-state index in [4.69, 9.17) is 0 Å². The topological polar surface area (TPSA) is 64.0 Å². The van der Waals surface area contributed by atoms with Gasteiger partial charge in [-0.05, 0) is 43.7 Å². The van der Waals surface area contributed by atoms with Gasteiger partial charge in [-0.15, -0.1) is 0 Å². The van der Waals surface area contributed by atoms with Gasteiger partial charge in [0.15, 0.2) is 5.16 Å². The summed E-state index contributed by atoms with van der Waals surface area (Å²) in [5, 5.41) is 3.92. The SMILES string of the molecule is Cc1ccc2nc(SCC(=O)NC(C)c3ccc(F)cc3)n(C)c(=O)c2c1. The summed E-state index contributed by atoms with van der Waals surface area (Å²) in [6, 6.07) is 11.3. The zero-order valence-electron chi connectivity index (χ0n) is 15.3. The van der Waals surface area contributed by atoms with Crippen LogP contribution in [-0.2, 0) is 11.8 Å². The van der Waals surface area contributed by atoms with Crippen molar-refractivity contribution >= 4 is 28.6 Å². The lowest BCUT2D eigenvalue weighted by Crippen LogP contribution is -2.28. The van der Waals surface area contributed by atoms with Gasteiger partial charge in [0.05, 0.1) is 22.7 Å². The molecule has 0 bridgehead atoms. The number of aryl methyl sites for hydroxylation is 1. The van der Waals surface area contributed by atoms with Gasteiger partial charge in [-0.3, -0.25) is 14.2 Å². The molecule has 0 aliphatic carbocycles. The number of thioether (sulfide) groups is 1. The molecule has 2 aromatic carbocycles. The number of rotatable bonds is 5. The van der Waals surface area contributed by atoms with E-state index < -0.39 is 0 Å². The summed E-state index contributed by atoms with van der Waals surface area (Å²) < 4.78 is 14.5. The summed E-state index contributed by atoms with van der Waals surface area (Å²) in [5.74, 6) is -0.371. The first-order valence-corrected chi connectivity index (χ1v) is 9.48. The van der Waals surface area contributed by atoms with E-state index in [-0.39, 0.29) is 29.1 Å². The van der Waals surface area contributed by atoms with Crippen LogP contribution in [0.25, 0.3) is 10.9 Å². The van der Waals surface area contributed by atoms with Crippen molar-refractivity contribution in [2.45, 2.75) is 25.0 Å². The fourth-order valence-electron chi connectivity index (χ4n) is 2.74. The molecule has 1 aromatic heterocycles. The van der Waals surface area contributed by atoms with Crippen molar-refractivity contribution in [1.82, 2.24) is 14.9 Å². The summed E-state index contributed by atoms with van der Waals surface area (Å²) in [7, 11) is 1.65. The van der Waals surface area contributed by atoms with Gasteiger partial charge >= 0.3 is 0 Å². The third kappa shape index (κ3) is 4.36. The summed E-state index contributed by atoms with van der Waals surface area (Å²) in [5.41, 5.74) is 2.30. The summed E-state index contributed by atoms with van der Waals surface area (Å²) in [6.45, 7) is 3.76. The lowest BCUT2D eigenvalue weighted by molar-refractivity contribution is -0.119. The molecule has 1 amide bonds. The maximum absolute atomic E-state index is 13.0. The molecule has 0 saturated carbocycles. The van der Waals surface area contributed by atoms with Gasteiger partial charge in [-0.1, -0.05) is 35.5 Å². The van der Waals surface area contributed by atoms with Crippen molar-refractivity contribution in [2.24, 2.45) is 7.05 Å². The number of carbonyl (C=O) groups is 1. The Hall–Kier alpha value is -2.67. The molecule has 1 heterocycles. The fourth-order valence-corrected chi connectivity index (χ4v) is 3.52. The normalized spacial score (nSPS) is 12.1. The van der Waals surface area contributed by atoms with Crippen LogP contribution in [0.3, 0.4) is 0 Å². The van der Waals surface area contributed by atoms with Crippen molar-refractivity contribution < 1.29 is 9.18 Å². The molecule has 5 nitrogen and oxygen atoms in total. The molecule has 3 rings (SSSR count). The highest BCUT2D eigenvalue weighted by Gasteiger charge is 2.13. The number of aromatic nitrogens is 2. The Balaban J connectivity index is 1.70. The van der Waals surface area contributed by atoms with Crippen molar-refractivity contribution in [3.05, 3.63) is 69.8 Å². The maximum Gasteiger partial charge on any atom is 0.261 e. The second kappa shape index (κ2) is 7.92. The zero-order valence-corrected chi connectivity index (χ0v) is 16.1. The maximum atomic E-state index is 13.0. The van der Waals surface area contributed by atoms with Crippen LogP contribution >= 0.6 is 11.8 Å². The van der Waals surface area contributed by atoms with Gasteiger partial charge in [0.25, 0.3) is 5.56 Å². The number of carbonyl (C=O) groups excluding carboxylic acids is 1. The van der Waals surface area contributed by atoms with E-state index in [1.165, 1.54) is 28.5 Å². The second-order valence-electron chi connectivity index (χ2n) is 6.41. The average Bonchev–Trinajstić information content (AvgIpc) is 2.64. The highest BCUT2D eigenvalue weighted by atomic mass is 32.2. The molecule has 0 fully saturated rings. The monoisotopic (exact) mass is 385 g/mol. The Morgan fingerprint density at radius 3 is 2.67 bits per heavy atom. The quantitative estimate of drug-likeness (QED) is 0.540. The van der Waals surface area contributed by atoms with E-state index in [0.29, 0.717) is 16.1 Å². The summed E-state index contributed by atoms with van der Waals surface area (Å²) >= 11 is 1.21. The molecule has 7 heteroatoms. The standard InChI is InChI=1S/C20H20FN3O2S/c1-12-4-9-17-16(10-12)19(26)24(3)20(23-17)27-11-18(25)22-13(2)14-5-7-15(21)8-6-14/h4-10,13H,11H2,1-3H3,(H,22,25). The van der Waals surface area contributed by atoms with Crippen LogP contribution < -0.4 is 10.9 Å². The van der Waals surface area contributed by atoms with E-state index in [0.717, 1.165) is 11.1 Å². The Bertz CT molecular complexity index is 1050. The first-order chi connectivity index (χ1) is 12.8. The number of nitrogens with zero attached hydrogens (tertiary/aromatic N) is 2. The highest BCUT2D eigenvalue weighted by molar-refractivity contribution is 7.99. The Labute approximate surface area is 160 Å². The van der Waals surface area contributed by atoms with Crippen molar-refractivity contribution in [2.75, 3.05) is 5.75 Å². The van der Waals surface area contributed by atoms with Gasteiger partial charge in [0, 0.05) is 7.05 Å². The van der Waals surface area contributed by atoms with Gasteiger partial charge in [0.1, 0.15) is 5.82 Å². The van der Waals surface area contributed by atoms with Crippen molar-refractivity contribution in [3.8, 4) is 0 Å². The number of hydrogen-bond donors (Lipinski definition) is 1. The predicted octanol–water partition coefficient (Wildman–Crippen LogP) is 3.35. The zero-order chi connectivity index (χ0) is 19.6. The predicted molar refractivity (Wildman–Crippen MR) is 105 cm³/mol. The minimum absolute atomic E-state index is 0.128. The molecule has 1 unspecified atom stereocenters. The Morgan fingerprint density at radius 1 is 1.26 bits per heavy atom. The van der Waals surface area contributed by atoms with Crippen LogP contribution in [0.4, 0.5) is 4.39 Å². The Kier molecular flexibility index (Phi) is 5.60. The summed E-state index contributed by atoms with van der Waals surface area (Å²) in [4.78, 5) is 29.3. The van der Waals surface area contributed by atoms with Crippen LogP contribution in [0.1, 0.15) is 24.1 Å². The van der Waals surface area contributed by atoms with E-state index in [1.54, 1.807) is 19.2 Å². The lowest BCUT2D eigenvalue weighted by Gasteiger charge is -2.14. The minimum atomic E-state index is -0.314. The smallest absolute Gasteiger partial charge is 0.261 e. The van der Waals surface area contributed by atoms with E-state index in [9.17, 15) is 14.0 Å².